The van der Waals surface area contributed by atoms with Gasteiger partial charge in [0.2, 0.25) is 5.75 Å². The number of phenolic OH excluding ortho intramolecular Hbond substituents is 1. The zero-order valence-corrected chi connectivity index (χ0v) is 15.1. The lowest BCUT2D eigenvalue weighted by molar-refractivity contribution is -0.386. The van der Waals surface area contributed by atoms with E-state index in [4.69, 9.17) is 4.74 Å². The number of aromatic hydroxyl groups is 1. The van der Waals surface area contributed by atoms with Crippen molar-refractivity contribution in [1.82, 2.24) is 0 Å². The van der Waals surface area contributed by atoms with Crippen molar-refractivity contribution < 1.29 is 19.6 Å². The Morgan fingerprint density at radius 1 is 1.04 bits per heavy atom. The molecule has 0 amide bonds. The number of carbonyl (C=O) groups is 1. The molecule has 0 saturated heterocycles. The number of ether oxygens (including phenoxy) is 1. The fourth-order valence-corrected chi connectivity index (χ4v) is 3.40. The van der Waals surface area contributed by atoms with Crippen molar-refractivity contribution in [2.75, 3.05) is 7.11 Å². The molecule has 0 atom stereocenters. The molecule has 136 valence electrons. The zero-order valence-electron chi connectivity index (χ0n) is 14.3. The maximum Gasteiger partial charge on any atom is 0.312 e. The number of nitro groups is 1. The maximum atomic E-state index is 12.8. The Morgan fingerprint density at radius 3 is 2.30 bits per heavy atom. The average molecular weight is 381 g/mol. The first-order valence-corrected chi connectivity index (χ1v) is 8.74. The lowest BCUT2D eigenvalue weighted by Crippen LogP contribution is -2.04. The summed E-state index contributed by atoms with van der Waals surface area (Å²) >= 11 is 1.27. The highest BCUT2D eigenvalue weighted by Gasteiger charge is 2.24. The van der Waals surface area contributed by atoms with E-state index in [1.165, 1.54) is 31.0 Å². The summed E-state index contributed by atoms with van der Waals surface area (Å²) in [5.74, 6) is -0.567. The predicted molar refractivity (Wildman–Crippen MR) is 102 cm³/mol. The standard InChI is InChI=1S/C20H15NO5S/c1-26-14-9-7-13(8-10-14)19(22)17-11-16(12-18(20(17)23)21(24)25)27-15-5-3-2-4-6-15/h2-12,23H,1H3. The molecule has 0 aliphatic carbocycles. The largest absolute Gasteiger partial charge is 0.502 e. The first-order valence-electron chi connectivity index (χ1n) is 7.92. The normalized spacial score (nSPS) is 10.4. The minimum Gasteiger partial charge on any atom is -0.502 e. The summed E-state index contributed by atoms with van der Waals surface area (Å²) in [5.41, 5.74) is -0.331. The number of rotatable bonds is 6. The SMILES string of the molecule is COc1ccc(C(=O)c2cc(Sc3ccccc3)cc([N+](=O)[O-])c2O)cc1. The van der Waals surface area contributed by atoms with Crippen molar-refractivity contribution in [3.05, 3.63) is 88.0 Å². The van der Waals surface area contributed by atoms with Gasteiger partial charge in [-0.05, 0) is 42.5 Å². The predicted octanol–water partition coefficient (Wildman–Crippen LogP) is 4.69. The Bertz CT molecular complexity index is 987. The quantitative estimate of drug-likeness (QED) is 0.378. The summed E-state index contributed by atoms with van der Waals surface area (Å²) in [6.07, 6.45) is 0. The van der Waals surface area contributed by atoms with Crippen molar-refractivity contribution in [1.29, 1.82) is 0 Å². The van der Waals surface area contributed by atoms with Gasteiger partial charge in [-0.3, -0.25) is 14.9 Å². The summed E-state index contributed by atoms with van der Waals surface area (Å²) in [4.78, 5) is 24.8. The Morgan fingerprint density at radius 2 is 1.70 bits per heavy atom. The van der Waals surface area contributed by atoms with Gasteiger partial charge in [0.15, 0.2) is 5.78 Å². The molecule has 27 heavy (non-hydrogen) atoms. The number of ketones is 1. The van der Waals surface area contributed by atoms with E-state index in [9.17, 15) is 20.0 Å². The molecule has 0 radical (unpaired) electrons. The van der Waals surface area contributed by atoms with E-state index in [0.717, 1.165) is 4.90 Å². The third-order valence-electron chi connectivity index (χ3n) is 3.84. The second-order valence-corrected chi connectivity index (χ2v) is 6.72. The molecule has 3 aromatic carbocycles. The van der Waals surface area contributed by atoms with E-state index in [1.807, 2.05) is 30.3 Å². The highest BCUT2D eigenvalue weighted by atomic mass is 32.2. The van der Waals surface area contributed by atoms with Gasteiger partial charge in [-0.15, -0.1) is 0 Å². The minimum atomic E-state index is -0.699. The minimum absolute atomic E-state index is 0.118. The van der Waals surface area contributed by atoms with Gasteiger partial charge >= 0.3 is 5.69 Å². The Hall–Kier alpha value is -3.32. The number of nitro benzene ring substituents is 1. The number of hydrogen-bond acceptors (Lipinski definition) is 6. The first-order chi connectivity index (χ1) is 13.0. The number of nitrogens with zero attached hydrogens (tertiary/aromatic N) is 1. The van der Waals surface area contributed by atoms with Crippen LogP contribution in [0, 0.1) is 10.1 Å². The summed E-state index contributed by atoms with van der Waals surface area (Å²) in [5, 5.41) is 21.6. The van der Waals surface area contributed by atoms with Crippen LogP contribution in [0.4, 0.5) is 5.69 Å². The molecular formula is C20H15NO5S. The third-order valence-corrected chi connectivity index (χ3v) is 4.82. The van der Waals surface area contributed by atoms with E-state index in [0.29, 0.717) is 16.2 Å². The van der Waals surface area contributed by atoms with Crippen LogP contribution in [-0.2, 0) is 0 Å². The fraction of sp³-hybridized carbons (Fsp3) is 0.0500. The molecule has 3 rings (SSSR count). The Kier molecular flexibility index (Phi) is 5.42. The summed E-state index contributed by atoms with van der Waals surface area (Å²) in [7, 11) is 1.51. The van der Waals surface area contributed by atoms with E-state index >= 15 is 0 Å². The third kappa shape index (κ3) is 4.09. The van der Waals surface area contributed by atoms with Gasteiger partial charge in [0.1, 0.15) is 5.75 Å². The first kappa shape index (κ1) is 18.5. The molecule has 6 nitrogen and oxygen atoms in total. The van der Waals surface area contributed by atoms with Crippen LogP contribution in [0.2, 0.25) is 0 Å². The molecule has 0 fully saturated rings. The van der Waals surface area contributed by atoms with Crippen molar-refractivity contribution in [2.45, 2.75) is 9.79 Å². The second-order valence-electron chi connectivity index (χ2n) is 5.57. The molecule has 3 aromatic rings. The molecule has 0 unspecified atom stereocenters. The van der Waals surface area contributed by atoms with Crippen molar-refractivity contribution >= 4 is 23.2 Å². The number of hydrogen-bond donors (Lipinski definition) is 1. The number of phenols is 1. The lowest BCUT2D eigenvalue weighted by atomic mass is 10.0. The highest BCUT2D eigenvalue weighted by Crippen LogP contribution is 2.38. The summed E-state index contributed by atoms with van der Waals surface area (Å²) in [6.45, 7) is 0. The van der Waals surface area contributed by atoms with Crippen LogP contribution in [0.5, 0.6) is 11.5 Å². The topological polar surface area (TPSA) is 89.7 Å². The van der Waals surface area contributed by atoms with Crippen LogP contribution in [0.3, 0.4) is 0 Å². The fourth-order valence-electron chi connectivity index (χ4n) is 2.49. The maximum absolute atomic E-state index is 12.8. The molecule has 0 aliphatic rings. The molecular weight excluding hydrogens is 366 g/mol. The van der Waals surface area contributed by atoms with Crippen molar-refractivity contribution in [3.8, 4) is 11.5 Å². The van der Waals surface area contributed by atoms with Crippen LogP contribution >= 0.6 is 11.8 Å². The van der Waals surface area contributed by atoms with Crippen LogP contribution in [0.15, 0.2) is 76.5 Å². The van der Waals surface area contributed by atoms with Gasteiger partial charge in [-0.25, -0.2) is 0 Å². The van der Waals surface area contributed by atoms with E-state index in [2.05, 4.69) is 0 Å². The van der Waals surface area contributed by atoms with E-state index in [1.54, 1.807) is 24.3 Å². The van der Waals surface area contributed by atoms with Gasteiger partial charge in [-0.1, -0.05) is 30.0 Å². The molecule has 0 bridgehead atoms. The molecule has 0 saturated carbocycles. The van der Waals surface area contributed by atoms with Gasteiger partial charge < -0.3 is 9.84 Å². The summed E-state index contributed by atoms with van der Waals surface area (Å²) in [6, 6.07) is 18.3. The van der Waals surface area contributed by atoms with Crippen molar-refractivity contribution in [3.63, 3.8) is 0 Å². The number of carbonyl (C=O) groups excluding carboxylic acids is 1. The Balaban J connectivity index is 2.04. The van der Waals surface area contributed by atoms with Gasteiger partial charge in [0.05, 0.1) is 17.6 Å². The van der Waals surface area contributed by atoms with Crippen LogP contribution in [0.1, 0.15) is 15.9 Å². The van der Waals surface area contributed by atoms with Gasteiger partial charge in [0, 0.05) is 21.4 Å². The smallest absolute Gasteiger partial charge is 0.312 e. The molecule has 1 N–H and O–H groups in total. The monoisotopic (exact) mass is 381 g/mol. The van der Waals surface area contributed by atoms with E-state index < -0.39 is 22.1 Å². The highest BCUT2D eigenvalue weighted by molar-refractivity contribution is 7.99. The summed E-state index contributed by atoms with van der Waals surface area (Å²) < 4.78 is 5.06. The molecule has 0 heterocycles. The zero-order chi connectivity index (χ0) is 19.4. The molecule has 7 heteroatoms. The van der Waals surface area contributed by atoms with Crippen molar-refractivity contribution in [2.24, 2.45) is 0 Å². The second kappa shape index (κ2) is 7.92. The number of benzene rings is 3. The lowest BCUT2D eigenvalue weighted by Gasteiger charge is -2.09. The van der Waals surface area contributed by atoms with Gasteiger partial charge in [-0.2, -0.15) is 0 Å². The van der Waals surface area contributed by atoms with Crippen LogP contribution in [-0.4, -0.2) is 22.9 Å². The molecule has 0 spiro atoms. The molecule has 0 aliphatic heterocycles. The average Bonchev–Trinajstić information content (AvgIpc) is 2.69. The van der Waals surface area contributed by atoms with Crippen LogP contribution < -0.4 is 4.74 Å². The Labute approximate surface area is 159 Å². The number of methoxy groups -OCH3 is 1. The molecule has 0 aromatic heterocycles. The van der Waals surface area contributed by atoms with Gasteiger partial charge in [0.25, 0.3) is 0 Å². The van der Waals surface area contributed by atoms with E-state index in [-0.39, 0.29) is 5.56 Å². The van der Waals surface area contributed by atoms with Crippen LogP contribution in [0.25, 0.3) is 0 Å².